The molecule has 1 atom stereocenters. The zero-order valence-electron chi connectivity index (χ0n) is 14.9. The highest BCUT2D eigenvalue weighted by Gasteiger charge is 2.27. The van der Waals surface area contributed by atoms with Gasteiger partial charge in [-0.2, -0.15) is 0 Å². The molecular formula is C19H24N2O3S. The first-order valence-corrected chi connectivity index (χ1v) is 9.38. The van der Waals surface area contributed by atoms with E-state index in [0.717, 1.165) is 37.4 Å². The van der Waals surface area contributed by atoms with Crippen molar-refractivity contribution in [3.05, 3.63) is 40.4 Å². The Balaban J connectivity index is 1.59. The van der Waals surface area contributed by atoms with Crippen LogP contribution in [0.25, 0.3) is 0 Å². The molecule has 25 heavy (non-hydrogen) atoms. The van der Waals surface area contributed by atoms with E-state index >= 15 is 0 Å². The van der Waals surface area contributed by atoms with Gasteiger partial charge in [-0.05, 0) is 38.8 Å². The average molecular weight is 360 g/mol. The van der Waals surface area contributed by atoms with Gasteiger partial charge in [0, 0.05) is 19.0 Å². The van der Waals surface area contributed by atoms with Crippen LogP contribution in [0.3, 0.4) is 0 Å². The van der Waals surface area contributed by atoms with Gasteiger partial charge in [-0.3, -0.25) is 4.79 Å². The molecule has 0 N–H and O–H groups in total. The van der Waals surface area contributed by atoms with E-state index in [-0.39, 0.29) is 5.91 Å². The third-order valence-electron chi connectivity index (χ3n) is 4.46. The Morgan fingerprint density at radius 1 is 1.32 bits per heavy atom. The van der Waals surface area contributed by atoms with E-state index in [1.807, 2.05) is 36.1 Å². The predicted octanol–water partition coefficient (Wildman–Crippen LogP) is 3.70. The summed E-state index contributed by atoms with van der Waals surface area (Å²) in [6, 6.07) is 8.08. The van der Waals surface area contributed by atoms with Gasteiger partial charge in [-0.15, -0.1) is 0 Å². The maximum Gasteiger partial charge on any atom is 0.273 e. The Morgan fingerprint density at radius 2 is 2.08 bits per heavy atom. The van der Waals surface area contributed by atoms with Gasteiger partial charge in [0.15, 0.2) is 0 Å². The topological polar surface area (TPSA) is 51.7 Å². The number of carbonyl (C=O) groups is 1. The molecule has 1 aliphatic rings. The van der Waals surface area contributed by atoms with Gasteiger partial charge in [0.25, 0.3) is 11.1 Å². The van der Waals surface area contributed by atoms with Crippen molar-refractivity contribution in [2.45, 2.75) is 26.7 Å². The molecule has 0 spiro atoms. The number of carbonyl (C=O) groups excluding carboxylic acids is 1. The molecule has 1 aromatic carbocycles. The summed E-state index contributed by atoms with van der Waals surface area (Å²) in [7, 11) is 1.58. The standard InChI is InChI=1S/C19H24N2O3S/c1-13-6-8-16(9-7-13)24-12-15-5-4-10-21(11-15)18(22)17-14(2)20-19(23-3)25-17/h6-9,15H,4-5,10-12H2,1-3H3. The predicted molar refractivity (Wildman–Crippen MR) is 98.7 cm³/mol. The number of thiazole rings is 1. The summed E-state index contributed by atoms with van der Waals surface area (Å²) in [6.45, 7) is 6.07. The molecule has 3 rings (SSSR count). The normalized spacial score (nSPS) is 17.4. The molecule has 0 saturated carbocycles. The van der Waals surface area contributed by atoms with Crippen molar-refractivity contribution in [3.8, 4) is 10.9 Å². The Morgan fingerprint density at radius 3 is 2.76 bits per heavy atom. The van der Waals surface area contributed by atoms with Gasteiger partial charge in [-0.1, -0.05) is 29.0 Å². The second-order valence-corrected chi connectivity index (χ2v) is 7.44. The Kier molecular flexibility index (Phi) is 5.58. The SMILES string of the molecule is COc1nc(C)c(C(=O)N2CCCC(COc3ccc(C)cc3)C2)s1. The Bertz CT molecular complexity index is 727. The molecule has 5 nitrogen and oxygen atoms in total. The van der Waals surface area contributed by atoms with Crippen LogP contribution < -0.4 is 9.47 Å². The van der Waals surface area contributed by atoms with Crippen LogP contribution in [0.15, 0.2) is 24.3 Å². The summed E-state index contributed by atoms with van der Waals surface area (Å²) in [5.74, 6) is 1.30. The number of aryl methyl sites for hydroxylation is 2. The minimum absolute atomic E-state index is 0.0540. The van der Waals surface area contributed by atoms with Crippen LogP contribution >= 0.6 is 11.3 Å². The lowest BCUT2D eigenvalue weighted by atomic mass is 9.98. The quantitative estimate of drug-likeness (QED) is 0.816. The summed E-state index contributed by atoms with van der Waals surface area (Å²) >= 11 is 1.32. The number of benzene rings is 1. The molecule has 1 amide bonds. The first-order chi connectivity index (χ1) is 12.1. The highest BCUT2D eigenvalue weighted by Crippen LogP contribution is 2.27. The molecule has 134 valence electrons. The fourth-order valence-electron chi connectivity index (χ4n) is 3.04. The zero-order chi connectivity index (χ0) is 17.8. The summed E-state index contributed by atoms with van der Waals surface area (Å²) in [5, 5.41) is 0.539. The molecular weight excluding hydrogens is 336 g/mol. The average Bonchev–Trinajstić information content (AvgIpc) is 3.02. The number of ether oxygens (including phenoxy) is 2. The Hall–Kier alpha value is -2.08. The van der Waals surface area contributed by atoms with Crippen LogP contribution in [0, 0.1) is 19.8 Å². The molecule has 0 radical (unpaired) electrons. The monoisotopic (exact) mass is 360 g/mol. The van der Waals surface area contributed by atoms with Crippen molar-refractivity contribution >= 4 is 17.2 Å². The molecule has 2 heterocycles. The van der Waals surface area contributed by atoms with Gasteiger partial charge < -0.3 is 14.4 Å². The molecule has 0 aliphatic carbocycles. The lowest BCUT2D eigenvalue weighted by Gasteiger charge is -2.32. The van der Waals surface area contributed by atoms with Crippen LogP contribution in [-0.4, -0.2) is 42.6 Å². The second-order valence-electron chi connectivity index (χ2n) is 6.48. The van der Waals surface area contributed by atoms with Crippen LogP contribution in [0.2, 0.25) is 0 Å². The lowest BCUT2D eigenvalue weighted by Crippen LogP contribution is -2.41. The molecule has 1 aliphatic heterocycles. The number of nitrogens with zero attached hydrogens (tertiary/aromatic N) is 2. The van der Waals surface area contributed by atoms with E-state index in [1.54, 1.807) is 7.11 Å². The van der Waals surface area contributed by atoms with Crippen LogP contribution in [0.5, 0.6) is 10.9 Å². The zero-order valence-corrected chi connectivity index (χ0v) is 15.8. The summed E-state index contributed by atoms with van der Waals surface area (Å²) in [5.41, 5.74) is 1.96. The van der Waals surface area contributed by atoms with E-state index in [0.29, 0.717) is 22.6 Å². The minimum Gasteiger partial charge on any atom is -0.493 e. The molecule has 1 saturated heterocycles. The highest BCUT2D eigenvalue weighted by molar-refractivity contribution is 7.15. The van der Waals surface area contributed by atoms with Gasteiger partial charge in [0.05, 0.1) is 19.4 Å². The van der Waals surface area contributed by atoms with Crippen molar-refractivity contribution in [1.29, 1.82) is 0 Å². The van der Waals surface area contributed by atoms with Gasteiger partial charge in [0.1, 0.15) is 10.6 Å². The molecule has 2 aromatic rings. The smallest absolute Gasteiger partial charge is 0.273 e. The number of amides is 1. The summed E-state index contributed by atoms with van der Waals surface area (Å²) in [4.78, 5) is 19.7. The van der Waals surface area contributed by atoms with E-state index in [9.17, 15) is 4.79 Å². The third-order valence-corrected chi connectivity index (χ3v) is 5.57. The van der Waals surface area contributed by atoms with Crippen LogP contribution in [-0.2, 0) is 0 Å². The number of hydrogen-bond acceptors (Lipinski definition) is 5. The van der Waals surface area contributed by atoms with E-state index in [4.69, 9.17) is 9.47 Å². The maximum absolute atomic E-state index is 12.8. The maximum atomic E-state index is 12.8. The van der Waals surface area contributed by atoms with E-state index in [2.05, 4.69) is 11.9 Å². The first kappa shape index (κ1) is 17.7. The third kappa shape index (κ3) is 4.31. The second kappa shape index (κ2) is 7.87. The summed E-state index contributed by atoms with van der Waals surface area (Å²) < 4.78 is 11.1. The molecule has 1 fully saturated rings. The van der Waals surface area contributed by atoms with Crippen molar-refractivity contribution in [3.63, 3.8) is 0 Å². The number of methoxy groups -OCH3 is 1. The van der Waals surface area contributed by atoms with Crippen LogP contribution in [0.4, 0.5) is 0 Å². The number of rotatable bonds is 5. The van der Waals surface area contributed by atoms with Crippen molar-refractivity contribution < 1.29 is 14.3 Å². The van der Waals surface area contributed by atoms with Gasteiger partial charge in [-0.25, -0.2) is 4.98 Å². The van der Waals surface area contributed by atoms with E-state index in [1.165, 1.54) is 16.9 Å². The number of hydrogen-bond donors (Lipinski definition) is 0. The fourth-order valence-corrected chi connectivity index (χ4v) is 3.89. The minimum atomic E-state index is 0.0540. The van der Waals surface area contributed by atoms with Crippen molar-refractivity contribution in [2.24, 2.45) is 5.92 Å². The molecule has 0 bridgehead atoms. The lowest BCUT2D eigenvalue weighted by molar-refractivity contribution is 0.0637. The Labute approximate surface area is 152 Å². The van der Waals surface area contributed by atoms with E-state index < -0.39 is 0 Å². The van der Waals surface area contributed by atoms with Gasteiger partial charge >= 0.3 is 0 Å². The van der Waals surface area contributed by atoms with Crippen LogP contribution in [0.1, 0.15) is 33.8 Å². The number of likely N-dealkylation sites (tertiary alicyclic amines) is 1. The highest BCUT2D eigenvalue weighted by atomic mass is 32.1. The van der Waals surface area contributed by atoms with Crippen molar-refractivity contribution in [2.75, 3.05) is 26.8 Å². The molecule has 1 aromatic heterocycles. The molecule has 1 unspecified atom stereocenters. The van der Waals surface area contributed by atoms with Gasteiger partial charge in [0.2, 0.25) is 0 Å². The van der Waals surface area contributed by atoms with Crippen molar-refractivity contribution in [1.82, 2.24) is 9.88 Å². The number of piperidine rings is 1. The largest absolute Gasteiger partial charge is 0.493 e. The fraction of sp³-hybridized carbons (Fsp3) is 0.474. The number of aromatic nitrogens is 1. The summed E-state index contributed by atoms with van der Waals surface area (Å²) in [6.07, 6.45) is 2.09. The first-order valence-electron chi connectivity index (χ1n) is 8.57. The molecule has 6 heteroatoms.